The van der Waals surface area contributed by atoms with Crippen LogP contribution in [0.4, 0.5) is 10.5 Å². The second-order valence-corrected chi connectivity index (χ2v) is 5.34. The minimum Gasteiger partial charge on any atom is -0.450 e. The van der Waals surface area contributed by atoms with Crippen LogP contribution in [0.15, 0.2) is 6.20 Å². The van der Waals surface area contributed by atoms with Crippen LogP contribution in [-0.4, -0.2) is 64.4 Å². The van der Waals surface area contributed by atoms with Crippen molar-refractivity contribution in [2.45, 2.75) is 26.8 Å². The summed E-state index contributed by atoms with van der Waals surface area (Å²) in [4.78, 5) is 27.5. The molecule has 8 heteroatoms. The molecule has 2 rings (SSSR count). The monoisotopic (exact) mass is 309 g/mol. The second kappa shape index (κ2) is 6.67. The van der Waals surface area contributed by atoms with E-state index < -0.39 is 6.04 Å². The van der Waals surface area contributed by atoms with Crippen molar-refractivity contribution in [3.05, 3.63) is 11.9 Å². The third-order valence-electron chi connectivity index (χ3n) is 3.83. The van der Waals surface area contributed by atoms with Crippen molar-refractivity contribution in [3.63, 3.8) is 0 Å². The first-order valence-corrected chi connectivity index (χ1v) is 7.45. The van der Waals surface area contributed by atoms with Crippen LogP contribution < -0.4 is 5.73 Å². The van der Waals surface area contributed by atoms with Crippen LogP contribution in [0.3, 0.4) is 0 Å². The van der Waals surface area contributed by atoms with E-state index in [2.05, 4.69) is 5.10 Å². The number of nitrogens with zero attached hydrogens (tertiary/aromatic N) is 4. The molecule has 0 bridgehead atoms. The lowest BCUT2D eigenvalue weighted by Gasteiger charge is -2.35. The lowest BCUT2D eigenvalue weighted by atomic mass is 10.2. The zero-order chi connectivity index (χ0) is 16.3. The maximum atomic E-state index is 12.5. The Labute approximate surface area is 129 Å². The highest BCUT2D eigenvalue weighted by molar-refractivity contribution is 5.80. The highest BCUT2D eigenvalue weighted by atomic mass is 16.6. The standard InChI is InChI=1S/C14H23N5O3/c1-4-22-14(21)18-7-5-17(6-8-18)13(20)11(3)19-9-12(15)10(2)16-19/h9,11H,4-8,15H2,1-3H3. The fourth-order valence-electron chi connectivity index (χ4n) is 2.40. The number of nitrogens with two attached hydrogens (primary N) is 1. The fourth-order valence-corrected chi connectivity index (χ4v) is 2.40. The highest BCUT2D eigenvalue weighted by Gasteiger charge is 2.28. The van der Waals surface area contributed by atoms with Crippen molar-refractivity contribution in [2.24, 2.45) is 0 Å². The van der Waals surface area contributed by atoms with E-state index in [0.717, 1.165) is 0 Å². The van der Waals surface area contributed by atoms with Crippen molar-refractivity contribution in [3.8, 4) is 0 Å². The summed E-state index contributed by atoms with van der Waals surface area (Å²) >= 11 is 0. The van der Waals surface area contributed by atoms with Gasteiger partial charge in [0, 0.05) is 32.4 Å². The number of carbonyl (C=O) groups is 2. The van der Waals surface area contributed by atoms with E-state index >= 15 is 0 Å². The average molecular weight is 309 g/mol. The van der Waals surface area contributed by atoms with Crippen molar-refractivity contribution in [1.29, 1.82) is 0 Å². The number of carbonyl (C=O) groups excluding carboxylic acids is 2. The van der Waals surface area contributed by atoms with E-state index in [1.807, 2.05) is 0 Å². The number of ether oxygens (including phenoxy) is 1. The van der Waals surface area contributed by atoms with Gasteiger partial charge in [0.25, 0.3) is 0 Å². The van der Waals surface area contributed by atoms with Crippen LogP contribution in [0.1, 0.15) is 25.6 Å². The van der Waals surface area contributed by atoms with Gasteiger partial charge in [0.2, 0.25) is 5.91 Å². The molecule has 0 aliphatic carbocycles. The van der Waals surface area contributed by atoms with Gasteiger partial charge in [-0.1, -0.05) is 0 Å². The summed E-state index contributed by atoms with van der Waals surface area (Å²) in [5, 5.41) is 4.25. The zero-order valence-electron chi connectivity index (χ0n) is 13.3. The number of amides is 2. The molecule has 8 nitrogen and oxygen atoms in total. The minimum absolute atomic E-state index is 0.0222. The Morgan fingerprint density at radius 2 is 1.91 bits per heavy atom. The van der Waals surface area contributed by atoms with Crippen LogP contribution in [0.5, 0.6) is 0 Å². The molecule has 1 atom stereocenters. The molecule has 1 fully saturated rings. The summed E-state index contributed by atoms with van der Waals surface area (Å²) in [6.07, 6.45) is 1.35. The van der Waals surface area contributed by atoms with Gasteiger partial charge >= 0.3 is 6.09 Å². The maximum Gasteiger partial charge on any atom is 0.409 e. The van der Waals surface area contributed by atoms with Gasteiger partial charge in [0.1, 0.15) is 6.04 Å². The lowest BCUT2D eigenvalue weighted by Crippen LogP contribution is -2.52. The molecule has 2 amide bonds. The molecule has 2 heterocycles. The molecule has 1 saturated heterocycles. The van der Waals surface area contributed by atoms with Gasteiger partial charge in [-0.2, -0.15) is 5.10 Å². The van der Waals surface area contributed by atoms with Gasteiger partial charge in [-0.05, 0) is 20.8 Å². The summed E-state index contributed by atoms with van der Waals surface area (Å²) < 4.78 is 6.55. The molecule has 2 N–H and O–H groups in total. The molecule has 22 heavy (non-hydrogen) atoms. The second-order valence-electron chi connectivity index (χ2n) is 5.34. The SMILES string of the molecule is CCOC(=O)N1CCN(C(=O)C(C)n2cc(N)c(C)n2)CC1. The van der Waals surface area contributed by atoms with Gasteiger partial charge in [0.15, 0.2) is 0 Å². The molecule has 0 saturated carbocycles. The number of anilines is 1. The smallest absolute Gasteiger partial charge is 0.409 e. The Morgan fingerprint density at radius 1 is 1.32 bits per heavy atom. The average Bonchev–Trinajstić information content (AvgIpc) is 2.85. The van der Waals surface area contributed by atoms with E-state index in [4.69, 9.17) is 10.5 Å². The fraction of sp³-hybridized carbons (Fsp3) is 0.643. The van der Waals surface area contributed by atoms with Crippen molar-refractivity contribution >= 4 is 17.7 Å². The molecule has 1 aliphatic rings. The normalized spacial score (nSPS) is 16.5. The van der Waals surface area contributed by atoms with E-state index in [-0.39, 0.29) is 12.0 Å². The van der Waals surface area contributed by atoms with Crippen LogP contribution in [0, 0.1) is 6.92 Å². The predicted octanol–water partition coefficient (Wildman–Crippen LogP) is 0.635. The Hall–Kier alpha value is -2.25. The first-order chi connectivity index (χ1) is 10.4. The van der Waals surface area contributed by atoms with Gasteiger partial charge in [0.05, 0.1) is 18.0 Å². The number of hydrogen-bond donors (Lipinski definition) is 1. The Kier molecular flexibility index (Phi) is 4.89. The van der Waals surface area contributed by atoms with Crippen molar-refractivity contribution in [1.82, 2.24) is 19.6 Å². The van der Waals surface area contributed by atoms with E-state index in [0.29, 0.717) is 44.2 Å². The van der Waals surface area contributed by atoms with Gasteiger partial charge in [-0.25, -0.2) is 4.79 Å². The molecule has 0 spiro atoms. The van der Waals surface area contributed by atoms with Gasteiger partial charge in [-0.3, -0.25) is 9.48 Å². The molecule has 1 aliphatic heterocycles. The summed E-state index contributed by atoms with van der Waals surface area (Å²) in [5.74, 6) is -0.0222. The molecule has 0 aromatic carbocycles. The predicted molar refractivity (Wildman–Crippen MR) is 81.3 cm³/mol. The Morgan fingerprint density at radius 3 is 2.41 bits per heavy atom. The first kappa shape index (κ1) is 16.1. The van der Waals surface area contributed by atoms with Crippen LogP contribution >= 0.6 is 0 Å². The van der Waals surface area contributed by atoms with Gasteiger partial charge < -0.3 is 20.3 Å². The maximum absolute atomic E-state index is 12.5. The molecule has 1 unspecified atom stereocenters. The lowest BCUT2D eigenvalue weighted by molar-refractivity contribution is -0.136. The Bertz CT molecular complexity index is 529. The van der Waals surface area contributed by atoms with E-state index in [1.165, 1.54) is 0 Å². The highest BCUT2D eigenvalue weighted by Crippen LogP contribution is 2.16. The van der Waals surface area contributed by atoms with Crippen molar-refractivity contribution < 1.29 is 14.3 Å². The quantitative estimate of drug-likeness (QED) is 0.884. The summed E-state index contributed by atoms with van der Waals surface area (Å²) in [6.45, 7) is 7.70. The third-order valence-corrected chi connectivity index (χ3v) is 3.83. The Balaban J connectivity index is 1.93. The largest absolute Gasteiger partial charge is 0.450 e. The molecular formula is C14H23N5O3. The first-order valence-electron chi connectivity index (χ1n) is 7.45. The molecule has 1 aromatic heterocycles. The molecular weight excluding hydrogens is 286 g/mol. The molecule has 122 valence electrons. The molecule has 1 aromatic rings. The van der Waals surface area contributed by atoms with Crippen molar-refractivity contribution in [2.75, 3.05) is 38.5 Å². The summed E-state index contributed by atoms with van der Waals surface area (Å²) in [7, 11) is 0. The van der Waals surface area contributed by atoms with E-state index in [9.17, 15) is 9.59 Å². The number of aromatic nitrogens is 2. The number of hydrogen-bond acceptors (Lipinski definition) is 5. The van der Waals surface area contributed by atoms with Crippen LogP contribution in [0.2, 0.25) is 0 Å². The number of nitrogen functional groups attached to an aromatic ring is 1. The van der Waals surface area contributed by atoms with Crippen LogP contribution in [-0.2, 0) is 9.53 Å². The third kappa shape index (κ3) is 3.32. The van der Waals surface area contributed by atoms with Gasteiger partial charge in [-0.15, -0.1) is 0 Å². The summed E-state index contributed by atoms with van der Waals surface area (Å²) in [6, 6.07) is -0.412. The summed E-state index contributed by atoms with van der Waals surface area (Å²) in [5.41, 5.74) is 7.06. The topological polar surface area (TPSA) is 93.7 Å². The number of aryl methyl sites for hydroxylation is 1. The van der Waals surface area contributed by atoms with Crippen LogP contribution in [0.25, 0.3) is 0 Å². The number of rotatable bonds is 3. The van der Waals surface area contributed by atoms with E-state index in [1.54, 1.807) is 41.4 Å². The zero-order valence-corrected chi connectivity index (χ0v) is 13.3. The minimum atomic E-state index is -0.412. The molecule has 0 radical (unpaired) electrons. The number of piperazine rings is 1.